The van der Waals surface area contributed by atoms with Gasteiger partial charge in [0.1, 0.15) is 0 Å². The predicted octanol–water partition coefficient (Wildman–Crippen LogP) is 1.01. The van der Waals surface area contributed by atoms with Crippen LogP contribution in [0.3, 0.4) is 0 Å². The van der Waals surface area contributed by atoms with Gasteiger partial charge in [0.05, 0.1) is 0 Å². The van der Waals surface area contributed by atoms with Crippen LogP contribution in [0.2, 0.25) is 0 Å². The Bertz CT molecular complexity index is 108. The molecule has 1 fully saturated rings. The fourth-order valence-corrected chi connectivity index (χ4v) is 0.973. The maximum Gasteiger partial charge on any atom is 0.203 e. The highest BCUT2D eigenvalue weighted by atomic mass is 16.7. The largest absolute Gasteiger partial charge is 0.391 e. The normalized spacial score (nSPS) is 20.1. The smallest absolute Gasteiger partial charge is 0.203 e. The van der Waals surface area contributed by atoms with Crippen molar-refractivity contribution in [1.82, 2.24) is 5.06 Å². The van der Waals surface area contributed by atoms with Crippen molar-refractivity contribution in [2.75, 3.05) is 13.1 Å². The summed E-state index contributed by atoms with van der Waals surface area (Å²) >= 11 is 0. The minimum absolute atomic E-state index is 0.289. The summed E-state index contributed by atoms with van der Waals surface area (Å²) in [5.74, 6) is 0.289. The summed E-state index contributed by atoms with van der Waals surface area (Å²) in [6.45, 7) is 3.62. The highest BCUT2D eigenvalue weighted by Crippen LogP contribution is 2.06. The molecule has 1 aliphatic rings. The van der Waals surface area contributed by atoms with Gasteiger partial charge in [-0.05, 0) is 12.8 Å². The third kappa shape index (κ3) is 2.01. The van der Waals surface area contributed by atoms with Gasteiger partial charge in [-0.25, -0.2) is 0 Å². The molecule has 52 valence electrons. The predicted molar refractivity (Wildman–Crippen MR) is 35.3 cm³/mol. The van der Waals surface area contributed by atoms with E-state index in [9.17, 15) is 0 Å². The maximum atomic E-state index is 7.00. The van der Waals surface area contributed by atoms with Crippen LogP contribution in [0.25, 0.3) is 0 Å². The van der Waals surface area contributed by atoms with Crippen molar-refractivity contribution in [2.45, 2.75) is 19.8 Å². The molecular formula is C6H12N2O. The Morgan fingerprint density at radius 2 is 2.00 bits per heavy atom. The van der Waals surface area contributed by atoms with Gasteiger partial charge in [-0.1, -0.05) is 0 Å². The average Bonchev–Trinajstić information content (AvgIpc) is 2.15. The standard InChI is InChI=1S/C6H12N2O/c1-6(7)9-8-4-2-3-5-8/h7H,2-5H2,1H3. The van der Waals surface area contributed by atoms with Crippen LogP contribution in [-0.4, -0.2) is 24.1 Å². The van der Waals surface area contributed by atoms with Crippen molar-refractivity contribution in [3.63, 3.8) is 0 Å². The molecule has 0 spiro atoms. The Hall–Kier alpha value is -0.570. The van der Waals surface area contributed by atoms with E-state index in [-0.39, 0.29) is 5.90 Å². The van der Waals surface area contributed by atoms with Crippen molar-refractivity contribution >= 4 is 5.90 Å². The molecule has 9 heavy (non-hydrogen) atoms. The van der Waals surface area contributed by atoms with Gasteiger partial charge in [-0.3, -0.25) is 5.41 Å². The van der Waals surface area contributed by atoms with Crippen LogP contribution < -0.4 is 0 Å². The zero-order valence-corrected chi connectivity index (χ0v) is 5.68. The Labute approximate surface area is 55.1 Å². The summed E-state index contributed by atoms with van der Waals surface area (Å²) in [5.41, 5.74) is 0. The summed E-state index contributed by atoms with van der Waals surface area (Å²) in [5, 5.41) is 8.83. The molecule has 1 heterocycles. The number of hydrogen-bond donors (Lipinski definition) is 1. The van der Waals surface area contributed by atoms with E-state index in [1.54, 1.807) is 6.92 Å². The zero-order chi connectivity index (χ0) is 6.69. The van der Waals surface area contributed by atoms with E-state index in [1.807, 2.05) is 5.06 Å². The first-order valence-electron chi connectivity index (χ1n) is 3.27. The van der Waals surface area contributed by atoms with Crippen LogP contribution in [0.5, 0.6) is 0 Å². The molecule has 1 N–H and O–H groups in total. The van der Waals surface area contributed by atoms with Crippen molar-refractivity contribution in [1.29, 1.82) is 5.41 Å². The lowest BCUT2D eigenvalue weighted by Gasteiger charge is -2.13. The highest BCUT2D eigenvalue weighted by Gasteiger charge is 2.12. The lowest BCUT2D eigenvalue weighted by Crippen LogP contribution is -2.21. The number of rotatable bonds is 1. The first-order chi connectivity index (χ1) is 4.29. The van der Waals surface area contributed by atoms with Crippen LogP contribution in [0.4, 0.5) is 0 Å². The second-order valence-corrected chi connectivity index (χ2v) is 2.28. The van der Waals surface area contributed by atoms with Crippen molar-refractivity contribution < 1.29 is 4.84 Å². The minimum atomic E-state index is 0.289. The number of nitrogens with one attached hydrogen (secondary N) is 1. The highest BCUT2D eigenvalue weighted by molar-refractivity contribution is 5.68. The van der Waals surface area contributed by atoms with E-state index in [0.29, 0.717) is 0 Å². The first kappa shape index (κ1) is 6.55. The van der Waals surface area contributed by atoms with Crippen LogP contribution >= 0.6 is 0 Å². The summed E-state index contributed by atoms with van der Waals surface area (Å²) in [4.78, 5) is 5.03. The molecule has 1 saturated heterocycles. The number of hydroxylamine groups is 2. The Morgan fingerprint density at radius 3 is 2.44 bits per heavy atom. The lowest BCUT2D eigenvalue weighted by molar-refractivity contribution is -0.0516. The SMILES string of the molecule is CC(=N)ON1CCCC1. The summed E-state index contributed by atoms with van der Waals surface area (Å²) in [6.07, 6.45) is 2.40. The van der Waals surface area contributed by atoms with Gasteiger partial charge in [-0.15, -0.1) is 5.06 Å². The summed E-state index contributed by atoms with van der Waals surface area (Å²) in [7, 11) is 0. The van der Waals surface area contributed by atoms with E-state index in [0.717, 1.165) is 13.1 Å². The molecule has 0 aromatic carbocycles. The van der Waals surface area contributed by atoms with Gasteiger partial charge in [0.25, 0.3) is 0 Å². The first-order valence-corrected chi connectivity index (χ1v) is 3.27. The molecule has 0 bridgehead atoms. The minimum Gasteiger partial charge on any atom is -0.391 e. The van der Waals surface area contributed by atoms with E-state index >= 15 is 0 Å². The van der Waals surface area contributed by atoms with Gasteiger partial charge in [0.2, 0.25) is 5.90 Å². The van der Waals surface area contributed by atoms with Crippen LogP contribution in [0.1, 0.15) is 19.8 Å². The van der Waals surface area contributed by atoms with Crippen molar-refractivity contribution in [3.8, 4) is 0 Å². The third-order valence-corrected chi connectivity index (χ3v) is 1.33. The van der Waals surface area contributed by atoms with Gasteiger partial charge in [0.15, 0.2) is 0 Å². The van der Waals surface area contributed by atoms with Gasteiger partial charge in [0, 0.05) is 20.0 Å². The van der Waals surface area contributed by atoms with Crippen molar-refractivity contribution in [2.24, 2.45) is 0 Å². The van der Waals surface area contributed by atoms with E-state index in [1.165, 1.54) is 12.8 Å². The Morgan fingerprint density at radius 1 is 1.44 bits per heavy atom. The molecule has 0 saturated carbocycles. The molecule has 0 aromatic heterocycles. The van der Waals surface area contributed by atoms with E-state index in [2.05, 4.69) is 0 Å². The maximum absolute atomic E-state index is 7.00. The number of hydrogen-bond acceptors (Lipinski definition) is 3. The fourth-order valence-electron chi connectivity index (χ4n) is 0.973. The quantitative estimate of drug-likeness (QED) is 0.422. The molecule has 3 heteroatoms. The second-order valence-electron chi connectivity index (χ2n) is 2.28. The van der Waals surface area contributed by atoms with Gasteiger partial charge >= 0.3 is 0 Å². The van der Waals surface area contributed by atoms with E-state index in [4.69, 9.17) is 10.2 Å². The molecule has 0 atom stereocenters. The fraction of sp³-hybridized carbons (Fsp3) is 0.833. The molecule has 0 aromatic rings. The van der Waals surface area contributed by atoms with Crippen molar-refractivity contribution in [3.05, 3.63) is 0 Å². The second kappa shape index (κ2) is 2.82. The Balaban J connectivity index is 2.19. The lowest BCUT2D eigenvalue weighted by atomic mass is 10.4. The third-order valence-electron chi connectivity index (χ3n) is 1.33. The monoisotopic (exact) mass is 128 g/mol. The molecule has 0 unspecified atom stereocenters. The molecule has 1 aliphatic heterocycles. The summed E-state index contributed by atoms with van der Waals surface area (Å²) < 4.78 is 0. The topological polar surface area (TPSA) is 36.3 Å². The molecule has 0 radical (unpaired) electrons. The van der Waals surface area contributed by atoms with Crippen LogP contribution in [0, 0.1) is 5.41 Å². The van der Waals surface area contributed by atoms with Gasteiger partial charge in [-0.2, -0.15) is 0 Å². The molecule has 0 aliphatic carbocycles. The van der Waals surface area contributed by atoms with Crippen LogP contribution in [0.15, 0.2) is 0 Å². The summed E-state index contributed by atoms with van der Waals surface area (Å²) in [6, 6.07) is 0. The van der Waals surface area contributed by atoms with E-state index < -0.39 is 0 Å². The zero-order valence-electron chi connectivity index (χ0n) is 5.68. The molecule has 1 rings (SSSR count). The van der Waals surface area contributed by atoms with Gasteiger partial charge < -0.3 is 4.84 Å². The molecule has 0 amide bonds. The number of nitrogens with zero attached hydrogens (tertiary/aromatic N) is 1. The molecular weight excluding hydrogens is 116 g/mol. The van der Waals surface area contributed by atoms with Crippen LogP contribution in [-0.2, 0) is 4.84 Å². The Kier molecular flexibility index (Phi) is 2.05. The molecule has 3 nitrogen and oxygen atoms in total. The average molecular weight is 128 g/mol.